The third-order valence-corrected chi connectivity index (χ3v) is 5.45. The number of fused-ring (bicyclic) bond motifs is 1. The van der Waals surface area contributed by atoms with Crippen molar-refractivity contribution in [2.75, 3.05) is 20.8 Å². The van der Waals surface area contributed by atoms with Crippen LogP contribution in [0.2, 0.25) is 5.02 Å². The summed E-state index contributed by atoms with van der Waals surface area (Å²) >= 11 is 6.37. The molecule has 0 fully saturated rings. The molecule has 0 radical (unpaired) electrons. The summed E-state index contributed by atoms with van der Waals surface area (Å²) in [4.78, 5) is 30.1. The van der Waals surface area contributed by atoms with Crippen LogP contribution in [0.4, 0.5) is 0 Å². The summed E-state index contributed by atoms with van der Waals surface area (Å²) in [5.74, 6) is 0.378. The van der Waals surface area contributed by atoms with Gasteiger partial charge in [-0.3, -0.25) is 4.79 Å². The molecule has 7 heteroatoms. The molecule has 4 aromatic rings. The van der Waals surface area contributed by atoms with E-state index in [1.54, 1.807) is 74.9 Å². The van der Waals surface area contributed by atoms with Gasteiger partial charge in [0.1, 0.15) is 11.5 Å². The zero-order valence-corrected chi connectivity index (χ0v) is 18.8. The van der Waals surface area contributed by atoms with Crippen LogP contribution in [0.25, 0.3) is 22.2 Å². The van der Waals surface area contributed by atoms with E-state index in [-0.39, 0.29) is 11.3 Å². The fourth-order valence-electron chi connectivity index (χ4n) is 3.36. The summed E-state index contributed by atoms with van der Waals surface area (Å²) in [5.41, 5.74) is 2.49. The number of ketones is 1. The van der Waals surface area contributed by atoms with Gasteiger partial charge in [0.05, 0.1) is 36.0 Å². The van der Waals surface area contributed by atoms with E-state index in [9.17, 15) is 9.59 Å². The Labute approximate surface area is 195 Å². The van der Waals surface area contributed by atoms with Crippen LogP contribution in [0.15, 0.2) is 72.8 Å². The predicted octanol–water partition coefficient (Wildman–Crippen LogP) is 5.61. The normalized spacial score (nSPS) is 10.6. The molecule has 0 unspecified atom stereocenters. The van der Waals surface area contributed by atoms with Crippen LogP contribution in [0, 0.1) is 0 Å². The molecule has 0 saturated carbocycles. The van der Waals surface area contributed by atoms with Gasteiger partial charge in [-0.2, -0.15) is 0 Å². The van der Waals surface area contributed by atoms with Gasteiger partial charge in [-0.15, -0.1) is 0 Å². The van der Waals surface area contributed by atoms with Crippen molar-refractivity contribution in [3.63, 3.8) is 0 Å². The number of esters is 1. The zero-order valence-electron chi connectivity index (χ0n) is 18.0. The number of hydrogen-bond donors (Lipinski definition) is 0. The second-order valence-electron chi connectivity index (χ2n) is 7.15. The lowest BCUT2D eigenvalue weighted by Gasteiger charge is -2.11. The molecule has 0 bridgehead atoms. The van der Waals surface area contributed by atoms with Gasteiger partial charge in [-0.05, 0) is 60.7 Å². The van der Waals surface area contributed by atoms with E-state index in [1.807, 2.05) is 12.1 Å². The van der Waals surface area contributed by atoms with Crippen molar-refractivity contribution in [1.29, 1.82) is 0 Å². The number of nitrogens with zero attached hydrogens (tertiary/aromatic N) is 1. The van der Waals surface area contributed by atoms with Gasteiger partial charge in [0.2, 0.25) is 0 Å². The Morgan fingerprint density at radius 2 is 1.52 bits per heavy atom. The number of pyridine rings is 1. The number of ether oxygens (including phenoxy) is 3. The van der Waals surface area contributed by atoms with E-state index in [4.69, 9.17) is 25.8 Å². The van der Waals surface area contributed by atoms with Crippen LogP contribution < -0.4 is 9.47 Å². The Morgan fingerprint density at radius 1 is 0.879 bits per heavy atom. The molecule has 0 saturated heterocycles. The Balaban J connectivity index is 1.64. The summed E-state index contributed by atoms with van der Waals surface area (Å²) in [6.45, 7) is -0.395. The number of rotatable bonds is 7. The maximum absolute atomic E-state index is 13.0. The number of carbonyl (C=O) groups excluding carboxylic acids is 2. The van der Waals surface area contributed by atoms with Crippen molar-refractivity contribution in [3.8, 4) is 22.8 Å². The Kier molecular flexibility index (Phi) is 6.56. The molecule has 6 nitrogen and oxygen atoms in total. The van der Waals surface area contributed by atoms with Gasteiger partial charge in [0, 0.05) is 16.5 Å². The maximum Gasteiger partial charge on any atom is 0.339 e. The second kappa shape index (κ2) is 9.71. The first kappa shape index (κ1) is 22.3. The van der Waals surface area contributed by atoms with Crippen molar-refractivity contribution in [2.45, 2.75) is 0 Å². The van der Waals surface area contributed by atoms with Crippen molar-refractivity contribution < 1.29 is 23.8 Å². The Hall–Kier alpha value is -3.90. The lowest BCUT2D eigenvalue weighted by molar-refractivity contribution is 0.0476. The largest absolute Gasteiger partial charge is 0.497 e. The van der Waals surface area contributed by atoms with Crippen LogP contribution in [0.3, 0.4) is 0 Å². The lowest BCUT2D eigenvalue weighted by atomic mass is 10.0. The minimum Gasteiger partial charge on any atom is -0.497 e. The van der Waals surface area contributed by atoms with Gasteiger partial charge in [-0.1, -0.05) is 23.7 Å². The molecular weight excluding hydrogens is 442 g/mol. The highest BCUT2D eigenvalue weighted by molar-refractivity contribution is 6.35. The van der Waals surface area contributed by atoms with E-state index in [0.29, 0.717) is 38.7 Å². The number of methoxy groups -OCH3 is 2. The summed E-state index contributed by atoms with van der Waals surface area (Å²) in [5, 5.41) is 0.952. The molecule has 0 aliphatic carbocycles. The number of halogens is 1. The summed E-state index contributed by atoms with van der Waals surface area (Å²) in [6, 6.07) is 20.7. The van der Waals surface area contributed by atoms with Crippen molar-refractivity contribution in [1.82, 2.24) is 4.98 Å². The number of para-hydroxylation sites is 1. The van der Waals surface area contributed by atoms with E-state index in [1.165, 1.54) is 0 Å². The molecule has 1 aromatic heterocycles. The highest BCUT2D eigenvalue weighted by Crippen LogP contribution is 2.30. The molecule has 0 spiro atoms. The minimum atomic E-state index is -0.638. The predicted molar refractivity (Wildman–Crippen MR) is 126 cm³/mol. The number of hydrogen-bond acceptors (Lipinski definition) is 6. The van der Waals surface area contributed by atoms with Gasteiger partial charge in [0.15, 0.2) is 12.4 Å². The van der Waals surface area contributed by atoms with Crippen LogP contribution in [0.1, 0.15) is 20.7 Å². The fourth-order valence-corrected chi connectivity index (χ4v) is 3.58. The first-order valence-electron chi connectivity index (χ1n) is 10.1. The maximum atomic E-state index is 13.0. The smallest absolute Gasteiger partial charge is 0.339 e. The third-order valence-electron chi connectivity index (χ3n) is 5.14. The number of benzene rings is 3. The average Bonchev–Trinajstić information content (AvgIpc) is 2.87. The van der Waals surface area contributed by atoms with Crippen molar-refractivity contribution in [3.05, 3.63) is 88.9 Å². The molecule has 3 aromatic carbocycles. The van der Waals surface area contributed by atoms with Gasteiger partial charge in [0.25, 0.3) is 0 Å². The van der Waals surface area contributed by atoms with Gasteiger partial charge < -0.3 is 14.2 Å². The monoisotopic (exact) mass is 461 g/mol. The zero-order chi connectivity index (χ0) is 23.4. The summed E-state index contributed by atoms with van der Waals surface area (Å²) in [7, 11) is 3.13. The summed E-state index contributed by atoms with van der Waals surface area (Å²) < 4.78 is 15.7. The molecule has 0 aliphatic rings. The molecule has 0 N–H and O–H groups in total. The number of carbonyl (C=O) groups is 2. The number of Topliss-reactive ketones (excluding diaryl/α,β-unsaturated/α-hetero) is 1. The third kappa shape index (κ3) is 4.81. The lowest BCUT2D eigenvalue weighted by Crippen LogP contribution is -2.15. The molecule has 4 rings (SSSR count). The topological polar surface area (TPSA) is 74.7 Å². The standard InChI is InChI=1S/C26H20ClNO5/c1-31-18-10-6-16(7-11-18)23-14-21(20-4-3-5-22(27)25(20)28-23)26(30)33-15-24(29)17-8-12-19(32-2)13-9-17/h3-14H,15H2,1-2H3. The molecule has 0 amide bonds. The molecular formula is C26H20ClNO5. The van der Waals surface area contributed by atoms with Gasteiger partial charge in [-0.25, -0.2) is 9.78 Å². The van der Waals surface area contributed by atoms with E-state index >= 15 is 0 Å². The van der Waals surface area contributed by atoms with Crippen LogP contribution in [-0.4, -0.2) is 37.6 Å². The molecule has 0 atom stereocenters. The van der Waals surface area contributed by atoms with Crippen LogP contribution >= 0.6 is 11.6 Å². The second-order valence-corrected chi connectivity index (χ2v) is 7.55. The minimum absolute atomic E-state index is 0.274. The van der Waals surface area contributed by atoms with Gasteiger partial charge >= 0.3 is 5.97 Å². The van der Waals surface area contributed by atoms with Crippen molar-refractivity contribution >= 4 is 34.3 Å². The molecule has 33 heavy (non-hydrogen) atoms. The highest BCUT2D eigenvalue weighted by atomic mass is 35.5. The fraction of sp³-hybridized carbons (Fsp3) is 0.115. The highest BCUT2D eigenvalue weighted by Gasteiger charge is 2.18. The molecule has 166 valence electrons. The van der Waals surface area contributed by atoms with E-state index in [2.05, 4.69) is 4.98 Å². The van der Waals surface area contributed by atoms with E-state index < -0.39 is 12.6 Å². The summed E-state index contributed by atoms with van der Waals surface area (Å²) in [6.07, 6.45) is 0. The van der Waals surface area contributed by atoms with Crippen LogP contribution in [-0.2, 0) is 4.74 Å². The van der Waals surface area contributed by atoms with Crippen molar-refractivity contribution in [2.24, 2.45) is 0 Å². The van der Waals surface area contributed by atoms with E-state index in [0.717, 1.165) is 5.56 Å². The Morgan fingerprint density at radius 3 is 2.15 bits per heavy atom. The molecule has 1 heterocycles. The first-order valence-corrected chi connectivity index (χ1v) is 10.5. The van der Waals surface area contributed by atoms with Crippen LogP contribution in [0.5, 0.6) is 11.5 Å². The molecule has 0 aliphatic heterocycles. The Bertz CT molecular complexity index is 1320. The number of aromatic nitrogens is 1. The quantitative estimate of drug-likeness (QED) is 0.263. The first-order chi connectivity index (χ1) is 16.0. The SMILES string of the molecule is COc1ccc(C(=O)COC(=O)c2cc(-c3ccc(OC)cc3)nc3c(Cl)cccc23)cc1. The average molecular weight is 462 g/mol.